The molecule has 0 aliphatic rings. The molecule has 3 N–H and O–H groups in total. The van der Waals surface area contributed by atoms with Gasteiger partial charge in [0.25, 0.3) is 0 Å². The monoisotopic (exact) mass is 248 g/mol. The van der Waals surface area contributed by atoms with Crippen molar-refractivity contribution in [2.45, 2.75) is 6.42 Å². The molecular formula is C11H8N2O5. The summed E-state index contributed by atoms with van der Waals surface area (Å²) in [5.41, 5.74) is -1.10. The topological polar surface area (TPSA) is 127 Å². The number of carboxylic acids is 2. The predicted molar refractivity (Wildman–Crippen MR) is 59.2 cm³/mol. The molecule has 0 saturated carbocycles. The highest BCUT2D eigenvalue weighted by Gasteiger charge is 2.20. The fourth-order valence-electron chi connectivity index (χ4n) is 1.33. The molecule has 0 bridgehead atoms. The van der Waals surface area contributed by atoms with Crippen molar-refractivity contribution in [2.75, 3.05) is 5.32 Å². The second-order valence-electron chi connectivity index (χ2n) is 3.22. The Kier molecular flexibility index (Phi) is 3.99. The molecule has 7 nitrogen and oxygen atoms in total. The first-order valence-electron chi connectivity index (χ1n) is 4.73. The van der Waals surface area contributed by atoms with Crippen LogP contribution in [-0.4, -0.2) is 28.1 Å². The summed E-state index contributed by atoms with van der Waals surface area (Å²) in [7, 11) is 0. The molecule has 0 aliphatic heterocycles. The fourth-order valence-corrected chi connectivity index (χ4v) is 1.33. The third-order valence-corrected chi connectivity index (χ3v) is 2.02. The van der Waals surface area contributed by atoms with Crippen LogP contribution in [-0.2, 0) is 4.79 Å². The molecule has 92 valence electrons. The number of carboxylic acid groups (broad SMARTS) is 2. The molecule has 0 fully saturated rings. The van der Waals surface area contributed by atoms with Gasteiger partial charge < -0.3 is 15.5 Å². The van der Waals surface area contributed by atoms with Gasteiger partial charge in [-0.15, -0.1) is 0 Å². The highest BCUT2D eigenvalue weighted by atomic mass is 16.4. The number of nitriles is 1. The Hall–Kier alpha value is -2.88. The molecule has 0 atom stereocenters. The van der Waals surface area contributed by atoms with Crippen LogP contribution in [0.5, 0.6) is 0 Å². The minimum atomic E-state index is -1.47. The maximum Gasteiger partial charge on any atom is 0.338 e. The quantitative estimate of drug-likeness (QED) is 0.727. The first kappa shape index (κ1) is 13.2. The van der Waals surface area contributed by atoms with Gasteiger partial charge in [-0.1, -0.05) is 6.07 Å². The summed E-state index contributed by atoms with van der Waals surface area (Å²) in [4.78, 5) is 33.1. The number of benzene rings is 1. The number of aromatic carboxylic acids is 2. The molecule has 0 radical (unpaired) electrons. The first-order chi connectivity index (χ1) is 8.47. The van der Waals surface area contributed by atoms with E-state index in [4.69, 9.17) is 15.5 Å². The lowest BCUT2D eigenvalue weighted by atomic mass is 10.1. The lowest BCUT2D eigenvalue weighted by Crippen LogP contribution is -2.16. The van der Waals surface area contributed by atoms with E-state index in [1.165, 1.54) is 12.1 Å². The van der Waals surface area contributed by atoms with E-state index in [2.05, 4.69) is 5.32 Å². The zero-order valence-corrected chi connectivity index (χ0v) is 9.01. The van der Waals surface area contributed by atoms with Gasteiger partial charge in [0.15, 0.2) is 0 Å². The molecule has 0 saturated heterocycles. The molecule has 1 rings (SSSR count). The second-order valence-corrected chi connectivity index (χ2v) is 3.22. The van der Waals surface area contributed by atoms with Crippen molar-refractivity contribution in [3.63, 3.8) is 0 Å². The van der Waals surface area contributed by atoms with Crippen LogP contribution in [0.3, 0.4) is 0 Å². The Morgan fingerprint density at radius 2 is 1.89 bits per heavy atom. The number of nitrogens with one attached hydrogen (secondary N) is 1. The first-order valence-corrected chi connectivity index (χ1v) is 4.73. The molecule has 1 aromatic carbocycles. The van der Waals surface area contributed by atoms with Gasteiger partial charge in [-0.25, -0.2) is 9.59 Å². The van der Waals surface area contributed by atoms with Crippen molar-refractivity contribution in [1.82, 2.24) is 0 Å². The van der Waals surface area contributed by atoms with Crippen molar-refractivity contribution >= 4 is 23.5 Å². The van der Waals surface area contributed by atoms with E-state index < -0.39 is 35.4 Å². The molecule has 0 spiro atoms. The van der Waals surface area contributed by atoms with Crippen LogP contribution in [0.1, 0.15) is 27.1 Å². The largest absolute Gasteiger partial charge is 0.478 e. The lowest BCUT2D eigenvalue weighted by molar-refractivity contribution is -0.115. The van der Waals surface area contributed by atoms with E-state index in [0.717, 1.165) is 6.07 Å². The minimum absolute atomic E-state index is 0.150. The van der Waals surface area contributed by atoms with E-state index in [1.54, 1.807) is 6.07 Å². The lowest BCUT2D eigenvalue weighted by Gasteiger charge is -2.09. The van der Waals surface area contributed by atoms with Gasteiger partial charge in [-0.3, -0.25) is 4.79 Å². The number of nitrogens with zero attached hydrogens (tertiary/aromatic N) is 1. The standard InChI is InChI=1S/C11H8N2O5/c12-5-4-8(14)13-7-3-1-2-6(10(15)16)9(7)11(17)18/h1-3H,4H2,(H,13,14)(H,15,16)(H,17,18). The Morgan fingerprint density at radius 3 is 2.39 bits per heavy atom. The zero-order chi connectivity index (χ0) is 13.7. The smallest absolute Gasteiger partial charge is 0.338 e. The van der Waals surface area contributed by atoms with Gasteiger partial charge >= 0.3 is 11.9 Å². The number of amides is 1. The number of hydrogen-bond acceptors (Lipinski definition) is 4. The molecular weight excluding hydrogens is 240 g/mol. The summed E-state index contributed by atoms with van der Waals surface area (Å²) in [6.45, 7) is 0. The third-order valence-electron chi connectivity index (χ3n) is 2.02. The van der Waals surface area contributed by atoms with Crippen LogP contribution in [0.2, 0.25) is 0 Å². The molecule has 0 aromatic heterocycles. The van der Waals surface area contributed by atoms with E-state index in [9.17, 15) is 14.4 Å². The Morgan fingerprint density at radius 1 is 1.22 bits per heavy atom. The summed E-state index contributed by atoms with van der Waals surface area (Å²) in [6.07, 6.45) is -0.448. The summed E-state index contributed by atoms with van der Waals surface area (Å²) in [6, 6.07) is 5.27. The highest BCUT2D eigenvalue weighted by Crippen LogP contribution is 2.20. The van der Waals surface area contributed by atoms with Crippen LogP contribution in [0.15, 0.2) is 18.2 Å². The molecule has 7 heteroatoms. The predicted octanol–water partition coefficient (Wildman–Crippen LogP) is 0.935. The summed E-state index contributed by atoms with van der Waals surface area (Å²) < 4.78 is 0. The van der Waals surface area contributed by atoms with Gasteiger partial charge in [0.05, 0.1) is 22.9 Å². The SMILES string of the molecule is N#CCC(=O)Nc1cccc(C(=O)O)c1C(=O)O. The van der Waals surface area contributed by atoms with Gasteiger partial charge in [0, 0.05) is 0 Å². The normalized spacial score (nSPS) is 9.28. The van der Waals surface area contributed by atoms with Crippen LogP contribution >= 0.6 is 0 Å². The van der Waals surface area contributed by atoms with E-state index in [0.29, 0.717) is 0 Å². The maximum atomic E-state index is 11.2. The van der Waals surface area contributed by atoms with Crippen LogP contribution in [0, 0.1) is 11.3 Å². The Bertz CT molecular complexity index is 559. The van der Waals surface area contributed by atoms with E-state index in [1.807, 2.05) is 0 Å². The van der Waals surface area contributed by atoms with Crippen molar-refractivity contribution in [2.24, 2.45) is 0 Å². The van der Waals surface area contributed by atoms with Crippen molar-refractivity contribution < 1.29 is 24.6 Å². The van der Waals surface area contributed by atoms with Crippen molar-refractivity contribution in [3.05, 3.63) is 29.3 Å². The highest BCUT2D eigenvalue weighted by molar-refractivity contribution is 6.08. The fraction of sp³-hybridized carbons (Fsp3) is 0.0909. The van der Waals surface area contributed by atoms with Gasteiger partial charge in [0.1, 0.15) is 6.42 Å². The summed E-state index contributed by atoms with van der Waals surface area (Å²) in [5, 5.41) is 28.3. The summed E-state index contributed by atoms with van der Waals surface area (Å²) >= 11 is 0. The molecule has 1 amide bonds. The van der Waals surface area contributed by atoms with Crippen LogP contribution in [0.25, 0.3) is 0 Å². The van der Waals surface area contributed by atoms with Crippen LogP contribution in [0.4, 0.5) is 5.69 Å². The number of carbonyl (C=O) groups is 3. The maximum absolute atomic E-state index is 11.2. The van der Waals surface area contributed by atoms with Crippen molar-refractivity contribution in [3.8, 4) is 6.07 Å². The molecule has 0 unspecified atom stereocenters. The molecule has 0 heterocycles. The number of hydrogen-bond donors (Lipinski definition) is 3. The number of rotatable bonds is 4. The summed E-state index contributed by atoms with van der Waals surface area (Å²) in [5.74, 6) is -3.59. The average Bonchev–Trinajstić information content (AvgIpc) is 2.28. The minimum Gasteiger partial charge on any atom is -0.478 e. The second kappa shape index (κ2) is 5.45. The van der Waals surface area contributed by atoms with E-state index in [-0.39, 0.29) is 5.69 Å². The molecule has 18 heavy (non-hydrogen) atoms. The average molecular weight is 248 g/mol. The van der Waals surface area contributed by atoms with Gasteiger partial charge in [-0.05, 0) is 12.1 Å². The molecule has 1 aromatic rings. The number of anilines is 1. The van der Waals surface area contributed by atoms with Gasteiger partial charge in [0.2, 0.25) is 5.91 Å². The zero-order valence-electron chi connectivity index (χ0n) is 9.01. The van der Waals surface area contributed by atoms with Crippen molar-refractivity contribution in [1.29, 1.82) is 5.26 Å². The third kappa shape index (κ3) is 2.82. The number of carbonyl (C=O) groups excluding carboxylic acids is 1. The molecule has 0 aliphatic carbocycles. The van der Waals surface area contributed by atoms with Crippen LogP contribution < -0.4 is 5.32 Å². The van der Waals surface area contributed by atoms with Gasteiger partial charge in [-0.2, -0.15) is 5.26 Å². The Labute approximate surface area is 101 Å². The van der Waals surface area contributed by atoms with E-state index >= 15 is 0 Å². The Balaban J connectivity index is 3.24.